The molecule has 1 aromatic heterocycles. The van der Waals surface area contributed by atoms with Crippen molar-refractivity contribution in [2.75, 3.05) is 0 Å². The van der Waals surface area contributed by atoms with Gasteiger partial charge in [0.2, 0.25) is 0 Å². The monoisotopic (exact) mass is 222 g/mol. The number of phenols is 1. The molecule has 5 heteroatoms. The Hall–Kier alpha value is -1.75. The lowest BCUT2D eigenvalue weighted by Gasteiger charge is -2.03. The van der Waals surface area contributed by atoms with Crippen molar-refractivity contribution in [1.29, 1.82) is 0 Å². The second kappa shape index (κ2) is 3.78. The molecule has 2 N–H and O–H groups in total. The van der Waals surface area contributed by atoms with Crippen molar-refractivity contribution in [1.82, 2.24) is 10.2 Å². The summed E-state index contributed by atoms with van der Waals surface area (Å²) < 4.78 is 13.9. The summed E-state index contributed by atoms with van der Waals surface area (Å²) in [5.74, 6) is -0.666. The minimum atomic E-state index is -0.520. The van der Waals surface area contributed by atoms with Crippen molar-refractivity contribution in [2.45, 2.75) is 0 Å². The third-order valence-electron chi connectivity index (χ3n) is 1.93. The predicted octanol–water partition coefficient (Wildman–Crippen LogP) is 2.65. The van der Waals surface area contributed by atoms with Crippen LogP contribution in [0.3, 0.4) is 0 Å². The van der Waals surface area contributed by atoms with Crippen LogP contribution in [0.1, 0.15) is 0 Å². The van der Waals surface area contributed by atoms with E-state index in [4.69, 9.17) is 12.2 Å². The highest BCUT2D eigenvalue weighted by atomic mass is 32.1. The van der Waals surface area contributed by atoms with Crippen molar-refractivity contribution in [2.24, 2.45) is 0 Å². The third kappa shape index (κ3) is 1.87. The second-order valence-electron chi connectivity index (χ2n) is 2.94. The minimum Gasteiger partial charge on any atom is -0.507 e. The van der Waals surface area contributed by atoms with E-state index in [2.05, 4.69) is 10.2 Å². The average Bonchev–Trinajstić information content (AvgIpc) is 2.20. The van der Waals surface area contributed by atoms with Crippen LogP contribution >= 0.6 is 12.2 Å². The van der Waals surface area contributed by atoms with Crippen LogP contribution in [0, 0.1) is 10.5 Å². The molecule has 0 fully saturated rings. The quantitative estimate of drug-likeness (QED) is 0.729. The number of H-pyrrole nitrogens is 1. The number of halogens is 1. The standard InChI is InChI=1S/C10H7FN2OS/c11-6-2-1-3-8(14)10(6)7-4-5-9(15)13-12-7/h1-5,14H,(H,13,15). The summed E-state index contributed by atoms with van der Waals surface area (Å²) >= 11 is 4.81. The molecular weight excluding hydrogens is 215 g/mol. The molecule has 0 saturated heterocycles. The summed E-state index contributed by atoms with van der Waals surface area (Å²) in [6.45, 7) is 0. The van der Waals surface area contributed by atoms with Crippen LogP contribution in [0.4, 0.5) is 4.39 Å². The van der Waals surface area contributed by atoms with E-state index >= 15 is 0 Å². The van der Waals surface area contributed by atoms with Gasteiger partial charge in [-0.1, -0.05) is 18.3 Å². The van der Waals surface area contributed by atoms with Gasteiger partial charge in [0.15, 0.2) is 0 Å². The number of rotatable bonds is 1. The summed E-state index contributed by atoms with van der Waals surface area (Å²) in [6.07, 6.45) is 0. The Kier molecular flexibility index (Phi) is 2.47. The maximum atomic E-state index is 13.4. The van der Waals surface area contributed by atoms with Gasteiger partial charge in [0, 0.05) is 0 Å². The number of aromatic hydroxyl groups is 1. The molecule has 3 nitrogen and oxygen atoms in total. The number of aromatic nitrogens is 2. The smallest absolute Gasteiger partial charge is 0.136 e. The molecule has 0 saturated carbocycles. The molecule has 0 aliphatic carbocycles. The minimum absolute atomic E-state index is 0.0729. The van der Waals surface area contributed by atoms with Crippen molar-refractivity contribution < 1.29 is 9.50 Å². The molecule has 0 amide bonds. The van der Waals surface area contributed by atoms with E-state index in [-0.39, 0.29) is 11.3 Å². The van der Waals surface area contributed by atoms with E-state index in [1.165, 1.54) is 18.2 Å². The fraction of sp³-hybridized carbons (Fsp3) is 0. The lowest BCUT2D eigenvalue weighted by molar-refractivity contribution is 0.471. The summed E-state index contributed by atoms with van der Waals surface area (Å²) in [5.41, 5.74) is 0.392. The molecule has 76 valence electrons. The lowest BCUT2D eigenvalue weighted by Crippen LogP contribution is -1.90. The molecule has 0 aliphatic heterocycles. The first-order chi connectivity index (χ1) is 7.18. The van der Waals surface area contributed by atoms with Gasteiger partial charge in [-0.05, 0) is 24.3 Å². The molecule has 1 heterocycles. The van der Waals surface area contributed by atoms with Gasteiger partial charge in [0.05, 0.1) is 11.3 Å². The van der Waals surface area contributed by atoms with Gasteiger partial charge < -0.3 is 5.11 Å². The van der Waals surface area contributed by atoms with Gasteiger partial charge in [0.1, 0.15) is 16.2 Å². The third-order valence-corrected chi connectivity index (χ3v) is 2.15. The van der Waals surface area contributed by atoms with Gasteiger partial charge >= 0.3 is 0 Å². The highest BCUT2D eigenvalue weighted by Crippen LogP contribution is 2.29. The van der Waals surface area contributed by atoms with Crippen molar-refractivity contribution in [3.63, 3.8) is 0 Å². The maximum Gasteiger partial charge on any atom is 0.136 e. The largest absolute Gasteiger partial charge is 0.507 e. The molecule has 0 spiro atoms. The van der Waals surface area contributed by atoms with Crippen LogP contribution in [0.15, 0.2) is 30.3 Å². The van der Waals surface area contributed by atoms with Crippen LogP contribution in [0.5, 0.6) is 5.75 Å². The Morgan fingerprint density at radius 1 is 1.27 bits per heavy atom. The maximum absolute atomic E-state index is 13.4. The van der Waals surface area contributed by atoms with Crippen molar-refractivity contribution in [3.8, 4) is 17.0 Å². The summed E-state index contributed by atoms with van der Waals surface area (Å²) in [5, 5.41) is 15.9. The first-order valence-electron chi connectivity index (χ1n) is 4.22. The van der Waals surface area contributed by atoms with Crippen LogP contribution in [0.2, 0.25) is 0 Å². The normalized spacial score (nSPS) is 10.2. The first-order valence-corrected chi connectivity index (χ1v) is 4.63. The van der Waals surface area contributed by atoms with E-state index < -0.39 is 5.82 Å². The van der Waals surface area contributed by atoms with Crippen LogP contribution in [-0.4, -0.2) is 15.3 Å². The topological polar surface area (TPSA) is 48.9 Å². The number of nitrogens with one attached hydrogen (secondary N) is 1. The molecule has 0 atom stereocenters. The molecule has 0 bridgehead atoms. The summed E-state index contributed by atoms with van der Waals surface area (Å²) in [4.78, 5) is 0. The number of aromatic amines is 1. The fourth-order valence-electron chi connectivity index (χ4n) is 1.25. The van der Waals surface area contributed by atoms with E-state index in [1.54, 1.807) is 12.1 Å². The Balaban J connectivity index is 2.63. The molecule has 0 aliphatic rings. The molecule has 15 heavy (non-hydrogen) atoms. The molecular formula is C10H7FN2OS. The average molecular weight is 222 g/mol. The van der Waals surface area contributed by atoms with Gasteiger partial charge in [-0.25, -0.2) is 4.39 Å². The Morgan fingerprint density at radius 2 is 2.07 bits per heavy atom. The highest BCUT2D eigenvalue weighted by molar-refractivity contribution is 7.71. The van der Waals surface area contributed by atoms with Crippen molar-refractivity contribution in [3.05, 3.63) is 40.8 Å². The molecule has 0 unspecified atom stereocenters. The second-order valence-corrected chi connectivity index (χ2v) is 3.38. The van der Waals surface area contributed by atoms with Crippen LogP contribution in [-0.2, 0) is 0 Å². The van der Waals surface area contributed by atoms with Crippen LogP contribution in [0.25, 0.3) is 11.3 Å². The number of hydrogen-bond donors (Lipinski definition) is 2. The highest BCUT2D eigenvalue weighted by Gasteiger charge is 2.10. The molecule has 2 rings (SSSR count). The van der Waals surface area contributed by atoms with Crippen molar-refractivity contribution >= 4 is 12.2 Å². The molecule has 2 aromatic rings. The zero-order valence-corrected chi connectivity index (χ0v) is 8.38. The van der Waals surface area contributed by atoms with E-state index in [1.807, 2.05) is 0 Å². The Labute approximate surface area is 90.2 Å². The first kappa shape index (κ1) is 9.79. The Morgan fingerprint density at radius 3 is 2.67 bits per heavy atom. The lowest BCUT2D eigenvalue weighted by atomic mass is 10.1. The van der Waals surface area contributed by atoms with Gasteiger partial charge in [-0.15, -0.1) is 0 Å². The Bertz CT molecular complexity index is 513. The molecule has 1 aromatic carbocycles. The predicted molar refractivity (Wildman–Crippen MR) is 56.5 cm³/mol. The van der Waals surface area contributed by atoms with Gasteiger partial charge in [-0.3, -0.25) is 5.10 Å². The van der Waals surface area contributed by atoms with Gasteiger partial charge in [-0.2, -0.15) is 5.10 Å². The summed E-state index contributed by atoms with van der Waals surface area (Å²) in [7, 11) is 0. The number of hydrogen-bond acceptors (Lipinski definition) is 3. The van der Waals surface area contributed by atoms with E-state index in [9.17, 15) is 9.50 Å². The van der Waals surface area contributed by atoms with E-state index in [0.717, 1.165) is 0 Å². The number of nitrogens with zero attached hydrogens (tertiary/aromatic N) is 1. The fourth-order valence-corrected chi connectivity index (χ4v) is 1.36. The number of benzene rings is 1. The SMILES string of the molecule is Oc1cccc(F)c1-c1ccc(=S)[nH]n1. The number of phenolic OH excluding ortho intramolecular Hbond substituents is 1. The zero-order chi connectivity index (χ0) is 10.8. The van der Waals surface area contributed by atoms with E-state index in [0.29, 0.717) is 10.3 Å². The van der Waals surface area contributed by atoms with Crippen LogP contribution < -0.4 is 0 Å². The summed E-state index contributed by atoms with van der Waals surface area (Å²) in [6, 6.07) is 7.24. The molecule has 0 radical (unpaired) electrons. The zero-order valence-electron chi connectivity index (χ0n) is 7.57. The van der Waals surface area contributed by atoms with Gasteiger partial charge in [0.25, 0.3) is 0 Å².